The first kappa shape index (κ1) is 14.3. The van der Waals surface area contributed by atoms with Gasteiger partial charge in [-0.25, -0.2) is 0 Å². The molecule has 0 aliphatic carbocycles. The number of carbonyl (C=O) groups is 2. The number of furan rings is 1. The van der Waals surface area contributed by atoms with Crippen molar-refractivity contribution in [3.63, 3.8) is 0 Å². The van der Waals surface area contributed by atoms with E-state index in [1.165, 1.54) is 0 Å². The lowest BCUT2D eigenvalue weighted by molar-refractivity contribution is 0.0953. The van der Waals surface area contributed by atoms with Gasteiger partial charge in [0, 0.05) is 17.8 Å². The molecule has 2 amide bonds. The van der Waals surface area contributed by atoms with E-state index in [-0.39, 0.29) is 17.6 Å². The SMILES string of the molecule is CCNC(=O)c1cccc(NC(=O)c2ccc(Br)o2)c1. The smallest absolute Gasteiger partial charge is 0.291 e. The summed E-state index contributed by atoms with van der Waals surface area (Å²) < 4.78 is 5.64. The Hall–Kier alpha value is -2.08. The topological polar surface area (TPSA) is 71.3 Å². The molecule has 1 heterocycles. The van der Waals surface area contributed by atoms with Crippen LogP contribution in [0.3, 0.4) is 0 Å². The van der Waals surface area contributed by atoms with Crippen LogP contribution in [0.15, 0.2) is 45.5 Å². The zero-order valence-corrected chi connectivity index (χ0v) is 12.4. The van der Waals surface area contributed by atoms with Gasteiger partial charge in [-0.3, -0.25) is 9.59 Å². The third kappa shape index (κ3) is 3.48. The van der Waals surface area contributed by atoms with Crippen LogP contribution >= 0.6 is 15.9 Å². The van der Waals surface area contributed by atoms with E-state index < -0.39 is 0 Å². The number of hydrogen-bond acceptors (Lipinski definition) is 3. The summed E-state index contributed by atoms with van der Waals surface area (Å²) in [7, 11) is 0. The summed E-state index contributed by atoms with van der Waals surface area (Å²) in [5.74, 6) is -0.353. The van der Waals surface area contributed by atoms with Gasteiger partial charge in [0.25, 0.3) is 11.8 Å². The van der Waals surface area contributed by atoms with Gasteiger partial charge in [0.05, 0.1) is 0 Å². The van der Waals surface area contributed by atoms with Crippen molar-refractivity contribution in [3.05, 3.63) is 52.4 Å². The number of anilines is 1. The molecule has 6 heteroatoms. The zero-order chi connectivity index (χ0) is 14.5. The lowest BCUT2D eigenvalue weighted by Crippen LogP contribution is -2.22. The first-order chi connectivity index (χ1) is 9.60. The second-order valence-corrected chi connectivity index (χ2v) is 4.78. The van der Waals surface area contributed by atoms with Crippen LogP contribution in [0.2, 0.25) is 0 Å². The van der Waals surface area contributed by atoms with E-state index in [2.05, 4.69) is 26.6 Å². The molecule has 1 aromatic heterocycles. The third-order valence-electron chi connectivity index (χ3n) is 2.52. The van der Waals surface area contributed by atoms with E-state index in [9.17, 15) is 9.59 Å². The Labute approximate surface area is 124 Å². The standard InChI is InChI=1S/C14H13BrN2O3/c1-2-16-13(18)9-4-3-5-10(8-9)17-14(19)11-6-7-12(15)20-11/h3-8H,2H2,1H3,(H,16,18)(H,17,19). The molecule has 0 aliphatic heterocycles. The molecular weight excluding hydrogens is 324 g/mol. The zero-order valence-electron chi connectivity index (χ0n) is 10.8. The first-order valence-corrected chi connectivity index (χ1v) is 6.84. The molecule has 2 N–H and O–H groups in total. The summed E-state index contributed by atoms with van der Waals surface area (Å²) in [6, 6.07) is 9.91. The molecule has 5 nitrogen and oxygen atoms in total. The van der Waals surface area contributed by atoms with Crippen LogP contribution in [0.1, 0.15) is 27.8 Å². The number of hydrogen-bond donors (Lipinski definition) is 2. The van der Waals surface area contributed by atoms with E-state index in [4.69, 9.17) is 4.42 Å². The summed E-state index contributed by atoms with van der Waals surface area (Å²) in [6.07, 6.45) is 0. The predicted octanol–water partition coefficient (Wildman–Crippen LogP) is 3.04. The molecule has 0 radical (unpaired) electrons. The highest BCUT2D eigenvalue weighted by Gasteiger charge is 2.11. The summed E-state index contributed by atoms with van der Waals surface area (Å²) >= 11 is 3.13. The van der Waals surface area contributed by atoms with Crippen molar-refractivity contribution in [2.45, 2.75) is 6.92 Å². The lowest BCUT2D eigenvalue weighted by Gasteiger charge is -2.06. The van der Waals surface area contributed by atoms with Gasteiger partial charge in [-0.1, -0.05) is 6.07 Å². The van der Waals surface area contributed by atoms with Crippen LogP contribution in [-0.2, 0) is 0 Å². The highest BCUT2D eigenvalue weighted by atomic mass is 79.9. The number of rotatable bonds is 4. The van der Waals surface area contributed by atoms with E-state index in [0.29, 0.717) is 22.5 Å². The van der Waals surface area contributed by atoms with E-state index >= 15 is 0 Å². The van der Waals surface area contributed by atoms with Crippen LogP contribution in [0.25, 0.3) is 0 Å². The molecule has 0 saturated heterocycles. The second kappa shape index (κ2) is 6.38. The average Bonchev–Trinajstić information content (AvgIpc) is 2.86. The minimum absolute atomic E-state index is 0.177. The van der Waals surface area contributed by atoms with Crippen molar-refractivity contribution in [1.29, 1.82) is 0 Å². The summed E-state index contributed by atoms with van der Waals surface area (Å²) in [5.41, 5.74) is 1.02. The molecule has 0 saturated carbocycles. The normalized spacial score (nSPS) is 10.1. The summed E-state index contributed by atoms with van der Waals surface area (Å²) in [5, 5.41) is 5.38. The van der Waals surface area contributed by atoms with E-state index in [1.807, 2.05) is 6.92 Å². The van der Waals surface area contributed by atoms with Gasteiger partial charge >= 0.3 is 0 Å². The van der Waals surface area contributed by atoms with Gasteiger partial charge in [0.1, 0.15) is 0 Å². The highest BCUT2D eigenvalue weighted by molar-refractivity contribution is 9.10. The number of benzene rings is 1. The molecule has 0 fully saturated rings. The van der Waals surface area contributed by atoms with Crippen LogP contribution in [-0.4, -0.2) is 18.4 Å². The van der Waals surface area contributed by atoms with Crippen molar-refractivity contribution < 1.29 is 14.0 Å². The maximum Gasteiger partial charge on any atom is 0.291 e. The molecule has 104 valence electrons. The maximum atomic E-state index is 11.9. The predicted molar refractivity (Wildman–Crippen MR) is 78.8 cm³/mol. The molecule has 1 aromatic carbocycles. The molecule has 2 aromatic rings. The number of carbonyl (C=O) groups excluding carboxylic acids is 2. The molecule has 0 aliphatic rings. The van der Waals surface area contributed by atoms with Gasteiger partial charge in [-0.15, -0.1) is 0 Å². The molecular formula is C14H13BrN2O3. The Morgan fingerprint density at radius 3 is 2.65 bits per heavy atom. The Balaban J connectivity index is 2.12. The largest absolute Gasteiger partial charge is 0.444 e. The highest BCUT2D eigenvalue weighted by Crippen LogP contribution is 2.16. The fraction of sp³-hybridized carbons (Fsp3) is 0.143. The second-order valence-electron chi connectivity index (χ2n) is 4.00. The van der Waals surface area contributed by atoms with Crippen molar-refractivity contribution in [1.82, 2.24) is 5.32 Å². The first-order valence-electron chi connectivity index (χ1n) is 6.05. The van der Waals surface area contributed by atoms with E-state index in [0.717, 1.165) is 0 Å². The van der Waals surface area contributed by atoms with Gasteiger partial charge in [0.2, 0.25) is 0 Å². The van der Waals surface area contributed by atoms with E-state index in [1.54, 1.807) is 36.4 Å². The van der Waals surface area contributed by atoms with Crippen molar-refractivity contribution in [2.24, 2.45) is 0 Å². The fourth-order valence-electron chi connectivity index (χ4n) is 1.63. The Morgan fingerprint density at radius 1 is 1.20 bits per heavy atom. The molecule has 0 atom stereocenters. The molecule has 0 bridgehead atoms. The van der Waals surface area contributed by atoms with Crippen molar-refractivity contribution >= 4 is 33.4 Å². The minimum atomic E-state index is -0.372. The quantitative estimate of drug-likeness (QED) is 0.901. The summed E-state index contributed by atoms with van der Waals surface area (Å²) in [4.78, 5) is 23.6. The molecule has 20 heavy (non-hydrogen) atoms. The van der Waals surface area contributed by atoms with Crippen molar-refractivity contribution in [3.8, 4) is 0 Å². The molecule has 0 spiro atoms. The number of amides is 2. The van der Waals surface area contributed by atoms with Crippen LogP contribution in [0.5, 0.6) is 0 Å². The average molecular weight is 337 g/mol. The van der Waals surface area contributed by atoms with Gasteiger partial charge in [-0.2, -0.15) is 0 Å². The van der Waals surface area contributed by atoms with Crippen molar-refractivity contribution in [2.75, 3.05) is 11.9 Å². The Morgan fingerprint density at radius 2 is 2.00 bits per heavy atom. The number of nitrogens with one attached hydrogen (secondary N) is 2. The molecule has 0 unspecified atom stereocenters. The van der Waals surface area contributed by atoms with Crippen LogP contribution in [0, 0.1) is 0 Å². The monoisotopic (exact) mass is 336 g/mol. The van der Waals surface area contributed by atoms with Gasteiger partial charge in [-0.05, 0) is 53.2 Å². The maximum absolute atomic E-state index is 11.9. The van der Waals surface area contributed by atoms with Crippen LogP contribution < -0.4 is 10.6 Å². The Bertz CT molecular complexity index is 637. The van der Waals surface area contributed by atoms with Gasteiger partial charge < -0.3 is 15.1 Å². The minimum Gasteiger partial charge on any atom is -0.444 e. The number of halogens is 1. The van der Waals surface area contributed by atoms with Gasteiger partial charge in [0.15, 0.2) is 10.4 Å². The van der Waals surface area contributed by atoms with Crippen LogP contribution in [0.4, 0.5) is 5.69 Å². The lowest BCUT2D eigenvalue weighted by atomic mass is 10.2. The Kier molecular flexibility index (Phi) is 4.57. The third-order valence-corrected chi connectivity index (χ3v) is 2.94. The fourth-order valence-corrected chi connectivity index (χ4v) is 1.94. The summed E-state index contributed by atoms with van der Waals surface area (Å²) in [6.45, 7) is 2.40. The molecule has 2 rings (SSSR count).